The molecule has 0 aliphatic heterocycles. The molecule has 0 aromatic heterocycles. The first-order valence-corrected chi connectivity index (χ1v) is 5.39. The van der Waals surface area contributed by atoms with Gasteiger partial charge in [0.1, 0.15) is 5.84 Å². The van der Waals surface area contributed by atoms with Gasteiger partial charge in [-0.15, -0.1) is 0 Å². The van der Waals surface area contributed by atoms with E-state index in [2.05, 4.69) is 10.4 Å². The number of hydrogen-bond donors (Lipinski definition) is 2. The predicted molar refractivity (Wildman–Crippen MR) is 58.1 cm³/mol. The van der Waals surface area contributed by atoms with Gasteiger partial charge < -0.3 is 10.2 Å². The molecule has 0 amide bonds. The monoisotopic (exact) mass is 199 g/mol. The summed E-state index contributed by atoms with van der Waals surface area (Å²) in [6, 6.07) is 0.503. The van der Waals surface area contributed by atoms with Crippen molar-refractivity contribution in [2.24, 2.45) is 10.8 Å². The summed E-state index contributed by atoms with van der Waals surface area (Å²) < 4.78 is 4.98. The summed E-state index contributed by atoms with van der Waals surface area (Å²) in [5.41, 5.74) is 2.68. The van der Waals surface area contributed by atoms with Crippen molar-refractivity contribution in [3.8, 4) is 0 Å². The average molecular weight is 199 g/mol. The molecule has 0 saturated heterocycles. The van der Waals surface area contributed by atoms with Gasteiger partial charge >= 0.3 is 0 Å². The number of amidine groups is 1. The van der Waals surface area contributed by atoms with E-state index >= 15 is 0 Å². The molecule has 0 unspecified atom stereocenters. The highest BCUT2D eigenvalue weighted by atomic mass is 16.5. The number of nitrogens with two attached hydrogens (primary N) is 1. The number of nitrogens with one attached hydrogen (secondary N) is 1. The standard InChI is InChI=1S/C10H21N3O/c1-14-8-4-7-10(13-11)12-9-5-2-3-6-9/h9H,2-8,11H2,1H3,(H,12,13). The summed E-state index contributed by atoms with van der Waals surface area (Å²) in [4.78, 5) is 4.59. The van der Waals surface area contributed by atoms with Crippen LogP contribution in [0, 0.1) is 0 Å². The quantitative estimate of drug-likeness (QED) is 0.230. The highest BCUT2D eigenvalue weighted by molar-refractivity contribution is 5.81. The molecule has 0 heterocycles. The highest BCUT2D eigenvalue weighted by Crippen LogP contribution is 2.21. The molecule has 1 rings (SSSR count). The lowest BCUT2D eigenvalue weighted by molar-refractivity contribution is 0.196. The Morgan fingerprint density at radius 1 is 1.50 bits per heavy atom. The molecule has 1 saturated carbocycles. The molecule has 0 spiro atoms. The Morgan fingerprint density at radius 2 is 2.21 bits per heavy atom. The maximum absolute atomic E-state index is 5.41. The Balaban J connectivity index is 2.27. The average Bonchev–Trinajstić information content (AvgIpc) is 2.69. The zero-order valence-corrected chi connectivity index (χ0v) is 8.96. The first-order chi connectivity index (χ1) is 6.86. The molecule has 1 fully saturated rings. The van der Waals surface area contributed by atoms with Crippen molar-refractivity contribution in [3.63, 3.8) is 0 Å². The number of aliphatic imine (C=N–C) groups is 1. The van der Waals surface area contributed by atoms with Crippen molar-refractivity contribution in [2.45, 2.75) is 44.6 Å². The topological polar surface area (TPSA) is 59.6 Å². The number of methoxy groups -OCH3 is 1. The molecule has 4 heteroatoms. The molecular weight excluding hydrogens is 178 g/mol. The van der Waals surface area contributed by atoms with Crippen molar-refractivity contribution in [2.75, 3.05) is 13.7 Å². The van der Waals surface area contributed by atoms with Crippen LogP contribution in [0.2, 0.25) is 0 Å². The van der Waals surface area contributed by atoms with Gasteiger partial charge in [-0.05, 0) is 19.3 Å². The van der Waals surface area contributed by atoms with Gasteiger partial charge in [-0.1, -0.05) is 12.8 Å². The Kier molecular flexibility index (Phi) is 5.56. The summed E-state index contributed by atoms with van der Waals surface area (Å²) in [5, 5.41) is 0. The van der Waals surface area contributed by atoms with E-state index in [1.54, 1.807) is 7.11 Å². The van der Waals surface area contributed by atoms with E-state index in [0.29, 0.717) is 6.04 Å². The van der Waals surface area contributed by atoms with Gasteiger partial charge in [0.2, 0.25) is 0 Å². The molecular formula is C10H21N3O. The van der Waals surface area contributed by atoms with E-state index in [1.165, 1.54) is 25.7 Å². The Morgan fingerprint density at radius 3 is 2.79 bits per heavy atom. The SMILES string of the molecule is COCCCC(=NC1CCCC1)NN. The van der Waals surface area contributed by atoms with Crippen molar-refractivity contribution in [1.29, 1.82) is 0 Å². The molecule has 1 aliphatic rings. The van der Waals surface area contributed by atoms with Crippen LogP contribution in [0.15, 0.2) is 4.99 Å². The molecule has 0 bridgehead atoms. The molecule has 0 aromatic rings. The van der Waals surface area contributed by atoms with E-state index in [-0.39, 0.29) is 0 Å². The summed E-state index contributed by atoms with van der Waals surface area (Å²) in [5.74, 6) is 6.34. The minimum atomic E-state index is 0.503. The first kappa shape index (κ1) is 11.5. The van der Waals surface area contributed by atoms with Crippen LogP contribution in [0.25, 0.3) is 0 Å². The molecule has 1 aliphatic carbocycles. The molecule has 4 nitrogen and oxygen atoms in total. The lowest BCUT2D eigenvalue weighted by Crippen LogP contribution is -2.31. The number of rotatable bonds is 5. The van der Waals surface area contributed by atoms with Crippen LogP contribution < -0.4 is 11.3 Å². The van der Waals surface area contributed by atoms with E-state index in [9.17, 15) is 0 Å². The highest BCUT2D eigenvalue weighted by Gasteiger charge is 2.14. The van der Waals surface area contributed by atoms with Crippen molar-refractivity contribution in [3.05, 3.63) is 0 Å². The minimum Gasteiger partial charge on any atom is -0.385 e. The van der Waals surface area contributed by atoms with E-state index in [0.717, 1.165) is 25.3 Å². The lowest BCUT2D eigenvalue weighted by Gasteiger charge is -2.08. The van der Waals surface area contributed by atoms with E-state index in [1.807, 2.05) is 0 Å². The first-order valence-electron chi connectivity index (χ1n) is 5.39. The van der Waals surface area contributed by atoms with Crippen LogP contribution in [-0.2, 0) is 4.74 Å². The van der Waals surface area contributed by atoms with Crippen LogP contribution in [0.5, 0.6) is 0 Å². The second-order valence-corrected chi connectivity index (χ2v) is 3.75. The van der Waals surface area contributed by atoms with Gasteiger partial charge in [-0.3, -0.25) is 4.99 Å². The molecule has 0 atom stereocenters. The van der Waals surface area contributed by atoms with Gasteiger partial charge in [0, 0.05) is 20.1 Å². The van der Waals surface area contributed by atoms with Crippen LogP contribution in [0.1, 0.15) is 38.5 Å². The fourth-order valence-electron chi connectivity index (χ4n) is 1.81. The van der Waals surface area contributed by atoms with Gasteiger partial charge in [0.05, 0.1) is 6.04 Å². The third kappa shape index (κ3) is 4.07. The smallest absolute Gasteiger partial charge is 0.111 e. The summed E-state index contributed by atoms with van der Waals surface area (Å²) in [7, 11) is 1.71. The largest absolute Gasteiger partial charge is 0.385 e. The summed E-state index contributed by atoms with van der Waals surface area (Å²) in [6.45, 7) is 0.769. The van der Waals surface area contributed by atoms with Crippen LogP contribution in [0.3, 0.4) is 0 Å². The third-order valence-electron chi connectivity index (χ3n) is 2.59. The summed E-state index contributed by atoms with van der Waals surface area (Å²) >= 11 is 0. The number of hydrogen-bond acceptors (Lipinski definition) is 3. The normalized spacial score (nSPS) is 18.9. The van der Waals surface area contributed by atoms with Gasteiger partial charge in [-0.25, -0.2) is 5.84 Å². The predicted octanol–water partition coefficient (Wildman–Crippen LogP) is 1.22. The fraction of sp³-hybridized carbons (Fsp3) is 0.900. The second kappa shape index (κ2) is 6.79. The van der Waals surface area contributed by atoms with Gasteiger partial charge in [-0.2, -0.15) is 0 Å². The van der Waals surface area contributed by atoms with Crippen LogP contribution >= 0.6 is 0 Å². The van der Waals surface area contributed by atoms with E-state index in [4.69, 9.17) is 10.6 Å². The molecule has 14 heavy (non-hydrogen) atoms. The maximum atomic E-state index is 5.41. The second-order valence-electron chi connectivity index (χ2n) is 3.75. The van der Waals surface area contributed by atoms with E-state index < -0.39 is 0 Å². The molecule has 3 N–H and O–H groups in total. The third-order valence-corrected chi connectivity index (χ3v) is 2.59. The minimum absolute atomic E-state index is 0.503. The van der Waals surface area contributed by atoms with Crippen LogP contribution in [-0.4, -0.2) is 25.6 Å². The Labute approximate surface area is 85.9 Å². The Bertz CT molecular complexity index is 176. The number of ether oxygens (including phenoxy) is 1. The molecule has 82 valence electrons. The lowest BCUT2D eigenvalue weighted by atomic mass is 10.2. The van der Waals surface area contributed by atoms with Crippen molar-refractivity contribution in [1.82, 2.24) is 5.43 Å². The number of nitrogens with zero attached hydrogens (tertiary/aromatic N) is 1. The zero-order valence-electron chi connectivity index (χ0n) is 8.96. The Hall–Kier alpha value is -0.610. The van der Waals surface area contributed by atoms with Gasteiger partial charge in [0.25, 0.3) is 0 Å². The molecule has 0 aromatic carbocycles. The van der Waals surface area contributed by atoms with Gasteiger partial charge in [0.15, 0.2) is 0 Å². The van der Waals surface area contributed by atoms with Crippen LogP contribution in [0.4, 0.5) is 0 Å². The molecule has 0 radical (unpaired) electrons. The number of hydrazine groups is 1. The zero-order chi connectivity index (χ0) is 10.2. The van der Waals surface area contributed by atoms with Crippen molar-refractivity contribution < 1.29 is 4.74 Å². The van der Waals surface area contributed by atoms with Crippen molar-refractivity contribution >= 4 is 5.84 Å². The summed E-state index contributed by atoms with van der Waals surface area (Å²) in [6.07, 6.45) is 6.92. The maximum Gasteiger partial charge on any atom is 0.111 e. The fourth-order valence-corrected chi connectivity index (χ4v) is 1.81.